The molecule has 0 saturated heterocycles. The third kappa shape index (κ3) is 50.7. The summed E-state index contributed by atoms with van der Waals surface area (Å²) in [5.41, 5.74) is 0. The van der Waals surface area contributed by atoms with E-state index in [4.69, 9.17) is 10.2 Å². The van der Waals surface area contributed by atoms with Gasteiger partial charge in [-0.3, -0.25) is 4.79 Å². The largest absolute Gasteiger partial charge is 0.481 e. The van der Waals surface area contributed by atoms with Crippen LogP contribution in [0.3, 0.4) is 0 Å². The molecular weight excluding hydrogens is 592 g/mol. The first-order valence-electron chi connectivity index (χ1n) is 20.6. The molecule has 0 saturated carbocycles. The quantitative estimate of drug-likeness (QED) is 0.0301. The summed E-state index contributed by atoms with van der Waals surface area (Å²) in [5, 5.41) is 17.0. The molecule has 0 aromatic rings. The minimum atomic E-state index is -0.883. The Morgan fingerprint density at radius 1 is 0.396 bits per heavy atom. The lowest BCUT2D eigenvalue weighted by molar-refractivity contribution is -0.137. The van der Waals surface area contributed by atoms with E-state index in [2.05, 4.69) is 44.2 Å². The molecule has 0 heterocycles. The second-order valence-electron chi connectivity index (χ2n) is 13.7. The van der Waals surface area contributed by atoms with Crippen LogP contribution in [0.4, 0.5) is 0 Å². The zero-order valence-electron chi connectivity index (χ0n) is 32.0. The highest BCUT2D eigenvalue weighted by Gasteiger charge is 1.97. The van der Waals surface area contributed by atoms with E-state index in [1.165, 1.54) is 179 Å². The maximum absolute atomic E-state index is 10.4. The minimum Gasteiger partial charge on any atom is -0.481 e. The molecule has 0 aliphatic carbocycles. The van der Waals surface area contributed by atoms with Crippen LogP contribution in [-0.4, -0.2) is 22.2 Å². The Hall–Kier alpha value is -2.10. The number of allylic oxidation sites excluding steroid dienone is 7. The maximum atomic E-state index is 10.4. The fourth-order valence-electron chi connectivity index (χ4n) is 5.74. The molecule has 280 valence electrons. The summed E-state index contributed by atoms with van der Waals surface area (Å²) < 4.78 is 0. The fourth-order valence-corrected chi connectivity index (χ4v) is 5.74. The molecular formula is C44H80O4. The van der Waals surface area contributed by atoms with Gasteiger partial charge in [0.25, 0.3) is 0 Å². The summed E-state index contributed by atoms with van der Waals surface area (Å²) in [4.78, 5) is 20.6. The van der Waals surface area contributed by atoms with E-state index in [0.717, 1.165) is 25.7 Å². The number of carboxylic acids is 2. The van der Waals surface area contributed by atoms with Crippen LogP contribution in [0.1, 0.15) is 219 Å². The summed E-state index contributed by atoms with van der Waals surface area (Å²) >= 11 is 0. The Balaban J connectivity index is 0. The first-order valence-corrected chi connectivity index (χ1v) is 20.6. The number of carbonyl (C=O) groups is 2. The normalized spacial score (nSPS) is 11.7. The molecule has 48 heavy (non-hydrogen) atoms. The molecule has 0 unspecified atom stereocenters. The van der Waals surface area contributed by atoms with Crippen molar-refractivity contribution in [2.45, 2.75) is 219 Å². The van der Waals surface area contributed by atoms with Crippen molar-refractivity contribution in [1.29, 1.82) is 0 Å². The van der Waals surface area contributed by atoms with E-state index in [9.17, 15) is 9.59 Å². The molecule has 0 radical (unpaired) electrons. The maximum Gasteiger partial charge on any atom is 0.328 e. The van der Waals surface area contributed by atoms with Gasteiger partial charge in [0.05, 0.1) is 0 Å². The van der Waals surface area contributed by atoms with Crippen molar-refractivity contribution < 1.29 is 19.8 Å². The molecule has 0 bridgehead atoms. The van der Waals surface area contributed by atoms with E-state index in [1.807, 2.05) is 6.08 Å². The smallest absolute Gasteiger partial charge is 0.328 e. The molecule has 0 fully saturated rings. The van der Waals surface area contributed by atoms with Gasteiger partial charge < -0.3 is 10.2 Å². The van der Waals surface area contributed by atoms with Gasteiger partial charge in [0, 0.05) is 12.5 Å². The van der Waals surface area contributed by atoms with Crippen molar-refractivity contribution in [3.63, 3.8) is 0 Å². The second kappa shape index (κ2) is 44.9. The van der Waals surface area contributed by atoms with Gasteiger partial charge in [0.2, 0.25) is 0 Å². The average Bonchev–Trinajstić information content (AvgIpc) is 3.07. The number of unbranched alkanes of at least 4 members (excludes halogenated alkanes) is 27. The molecule has 2 N–H and O–H groups in total. The van der Waals surface area contributed by atoms with Crippen LogP contribution in [0, 0.1) is 0 Å². The zero-order valence-corrected chi connectivity index (χ0v) is 32.0. The second-order valence-corrected chi connectivity index (χ2v) is 13.7. The fraction of sp³-hybridized carbons (Fsp3) is 0.773. The van der Waals surface area contributed by atoms with Crippen molar-refractivity contribution in [3.8, 4) is 0 Å². The van der Waals surface area contributed by atoms with Crippen LogP contribution < -0.4 is 0 Å². The van der Waals surface area contributed by atoms with Gasteiger partial charge in [-0.2, -0.15) is 0 Å². The van der Waals surface area contributed by atoms with Crippen molar-refractivity contribution in [2.75, 3.05) is 0 Å². The third-order valence-corrected chi connectivity index (χ3v) is 8.80. The lowest BCUT2D eigenvalue weighted by atomic mass is 10.0. The topological polar surface area (TPSA) is 74.6 Å². The Kier molecular flexibility index (Phi) is 44.9. The molecule has 0 aromatic carbocycles. The van der Waals surface area contributed by atoms with E-state index in [-0.39, 0.29) is 0 Å². The third-order valence-electron chi connectivity index (χ3n) is 8.80. The molecule has 4 nitrogen and oxygen atoms in total. The zero-order chi connectivity index (χ0) is 35.4. The summed E-state index contributed by atoms with van der Waals surface area (Å²) in [7, 11) is 0. The SMILES string of the molecule is CCCCCC=CCC=CCCCCCCCCCCCC(=O)O.CCCCCCCCCCCCCCCCCC=CC=CC(=O)O. The highest BCUT2D eigenvalue weighted by molar-refractivity contribution is 5.80. The van der Waals surface area contributed by atoms with E-state index in [1.54, 1.807) is 6.08 Å². The van der Waals surface area contributed by atoms with Gasteiger partial charge in [0.1, 0.15) is 0 Å². The molecule has 0 amide bonds. The molecule has 0 aliphatic rings. The van der Waals surface area contributed by atoms with Gasteiger partial charge in [-0.25, -0.2) is 4.79 Å². The Morgan fingerprint density at radius 2 is 0.729 bits per heavy atom. The number of hydrogen-bond acceptors (Lipinski definition) is 2. The predicted octanol–water partition coefficient (Wildman–Crippen LogP) is 14.9. The first-order chi connectivity index (χ1) is 23.5. The number of aliphatic carboxylic acids is 2. The lowest BCUT2D eigenvalue weighted by Gasteiger charge is -2.03. The number of rotatable bonds is 36. The van der Waals surface area contributed by atoms with Gasteiger partial charge in [-0.05, 0) is 51.4 Å². The highest BCUT2D eigenvalue weighted by Crippen LogP contribution is 2.14. The van der Waals surface area contributed by atoms with E-state index >= 15 is 0 Å². The number of carboxylic acid groups (broad SMARTS) is 2. The average molecular weight is 673 g/mol. The van der Waals surface area contributed by atoms with Crippen molar-refractivity contribution in [1.82, 2.24) is 0 Å². The highest BCUT2D eigenvalue weighted by atomic mass is 16.4. The van der Waals surface area contributed by atoms with Crippen LogP contribution >= 0.6 is 0 Å². The number of hydrogen-bond donors (Lipinski definition) is 2. The lowest BCUT2D eigenvalue weighted by Crippen LogP contribution is -1.93. The van der Waals surface area contributed by atoms with Crippen LogP contribution in [0.25, 0.3) is 0 Å². The van der Waals surface area contributed by atoms with E-state index < -0.39 is 11.9 Å². The van der Waals surface area contributed by atoms with Gasteiger partial charge >= 0.3 is 11.9 Å². The first kappa shape index (κ1) is 48.0. The van der Waals surface area contributed by atoms with Crippen LogP contribution in [0.5, 0.6) is 0 Å². The monoisotopic (exact) mass is 673 g/mol. The van der Waals surface area contributed by atoms with Crippen LogP contribution in [-0.2, 0) is 9.59 Å². The molecule has 0 atom stereocenters. The minimum absolute atomic E-state index is 0.335. The Labute approximate surface area is 299 Å². The van der Waals surface area contributed by atoms with Crippen LogP contribution in [0.2, 0.25) is 0 Å². The van der Waals surface area contributed by atoms with E-state index in [0.29, 0.717) is 6.42 Å². The Morgan fingerprint density at radius 3 is 1.12 bits per heavy atom. The molecule has 0 rings (SSSR count). The standard InChI is InChI=1S/2C22H40O2/c2*1-2-3-4-5-6-7-8-9-10-11-12-13-14-15-16-17-18-19-20-21-22(23)24/h18-21H,2-17H2,1H3,(H,23,24);6-7,9-10H,2-5,8,11-21H2,1H3,(H,23,24). The Bertz CT molecular complexity index is 764. The van der Waals surface area contributed by atoms with Crippen LogP contribution in [0.15, 0.2) is 48.6 Å². The summed E-state index contributed by atoms with van der Waals surface area (Å²) in [6, 6.07) is 0. The summed E-state index contributed by atoms with van der Waals surface area (Å²) in [5.74, 6) is -1.54. The van der Waals surface area contributed by atoms with Gasteiger partial charge in [-0.15, -0.1) is 0 Å². The summed E-state index contributed by atoms with van der Waals surface area (Å²) in [6.07, 6.45) is 56.7. The molecule has 0 aliphatic heterocycles. The van der Waals surface area contributed by atoms with Crippen molar-refractivity contribution in [3.05, 3.63) is 48.6 Å². The molecule has 0 aromatic heterocycles. The summed E-state index contributed by atoms with van der Waals surface area (Å²) in [6.45, 7) is 4.53. The van der Waals surface area contributed by atoms with Gasteiger partial charge in [-0.1, -0.05) is 204 Å². The van der Waals surface area contributed by atoms with Gasteiger partial charge in [0.15, 0.2) is 0 Å². The molecule has 0 spiro atoms. The molecule has 4 heteroatoms. The predicted molar refractivity (Wildman–Crippen MR) is 211 cm³/mol. The van der Waals surface area contributed by atoms with Crippen molar-refractivity contribution in [2.24, 2.45) is 0 Å². The van der Waals surface area contributed by atoms with Crippen molar-refractivity contribution >= 4 is 11.9 Å².